The number of esters is 1. The molecule has 0 saturated carbocycles. The van der Waals surface area contributed by atoms with Gasteiger partial charge in [-0.2, -0.15) is 0 Å². The summed E-state index contributed by atoms with van der Waals surface area (Å²) in [5.74, 6) is -0.555. The van der Waals surface area contributed by atoms with Gasteiger partial charge in [-0.1, -0.05) is 70.1 Å². The van der Waals surface area contributed by atoms with Gasteiger partial charge in [0.25, 0.3) is 0 Å². The molecule has 0 radical (unpaired) electrons. The van der Waals surface area contributed by atoms with Crippen LogP contribution in [0.1, 0.15) is 68.6 Å². The van der Waals surface area contributed by atoms with Gasteiger partial charge in [0.1, 0.15) is 6.61 Å². The second-order valence-electron chi connectivity index (χ2n) is 6.12. The molecule has 130 valence electrons. The lowest BCUT2D eigenvalue weighted by Gasteiger charge is -2.22. The standard InChI is InChI=1S/C19H29FO3/c1-2-3-4-5-6-7-11-14-19(20,15-21)16-23-18(22)17-12-9-8-10-13-17/h8-10,12-13,21H,2-7,11,14-16H2,1H3/t19-/m0/s1. The van der Waals surface area contributed by atoms with Gasteiger partial charge < -0.3 is 9.84 Å². The molecule has 0 amide bonds. The summed E-state index contributed by atoms with van der Waals surface area (Å²) in [6.07, 6.45) is 7.82. The van der Waals surface area contributed by atoms with E-state index in [9.17, 15) is 14.3 Å². The molecule has 0 fully saturated rings. The first-order valence-corrected chi connectivity index (χ1v) is 8.63. The topological polar surface area (TPSA) is 46.5 Å². The van der Waals surface area contributed by atoms with E-state index in [4.69, 9.17) is 4.74 Å². The SMILES string of the molecule is CCCCCCCCC[C@](F)(CO)COC(=O)c1ccccc1. The monoisotopic (exact) mass is 324 g/mol. The number of aliphatic hydroxyl groups excluding tert-OH is 1. The summed E-state index contributed by atoms with van der Waals surface area (Å²) < 4.78 is 19.5. The number of ether oxygens (including phenoxy) is 1. The van der Waals surface area contributed by atoms with Gasteiger partial charge in [0, 0.05) is 0 Å². The molecule has 0 heterocycles. The van der Waals surface area contributed by atoms with E-state index in [0.717, 1.165) is 12.8 Å². The van der Waals surface area contributed by atoms with E-state index >= 15 is 0 Å². The van der Waals surface area contributed by atoms with Crippen molar-refractivity contribution < 1.29 is 19.0 Å². The van der Waals surface area contributed by atoms with Gasteiger partial charge in [-0.05, 0) is 18.6 Å². The first kappa shape index (κ1) is 19.6. The highest BCUT2D eigenvalue weighted by Crippen LogP contribution is 2.21. The molecule has 0 aliphatic heterocycles. The molecule has 0 aromatic heterocycles. The third kappa shape index (κ3) is 8.12. The Morgan fingerprint density at radius 2 is 1.70 bits per heavy atom. The second kappa shape index (κ2) is 11.2. The molecule has 0 aliphatic carbocycles. The molecule has 1 rings (SSSR count). The fourth-order valence-electron chi connectivity index (χ4n) is 2.45. The number of alkyl halides is 1. The van der Waals surface area contributed by atoms with E-state index in [1.54, 1.807) is 30.3 Å². The average molecular weight is 324 g/mol. The van der Waals surface area contributed by atoms with Crippen LogP contribution in [0.25, 0.3) is 0 Å². The number of hydrogen-bond donors (Lipinski definition) is 1. The van der Waals surface area contributed by atoms with E-state index in [1.165, 1.54) is 25.7 Å². The van der Waals surface area contributed by atoms with Gasteiger partial charge in [0.05, 0.1) is 12.2 Å². The molecule has 0 unspecified atom stereocenters. The summed E-state index contributed by atoms with van der Waals surface area (Å²) in [6.45, 7) is 1.16. The van der Waals surface area contributed by atoms with E-state index in [0.29, 0.717) is 12.0 Å². The van der Waals surface area contributed by atoms with Crippen molar-refractivity contribution in [3.63, 3.8) is 0 Å². The summed E-state index contributed by atoms with van der Waals surface area (Å²) in [7, 11) is 0. The van der Waals surface area contributed by atoms with Crippen LogP contribution >= 0.6 is 0 Å². The zero-order valence-electron chi connectivity index (χ0n) is 14.1. The molecule has 0 spiro atoms. The summed E-state index contributed by atoms with van der Waals surface area (Å²) in [5.41, 5.74) is -1.45. The van der Waals surface area contributed by atoms with Crippen molar-refractivity contribution in [1.29, 1.82) is 0 Å². The first-order chi connectivity index (χ1) is 11.1. The minimum absolute atomic E-state index is 0.222. The lowest BCUT2D eigenvalue weighted by Crippen LogP contribution is -2.34. The van der Waals surface area contributed by atoms with Crippen LogP contribution in [0.3, 0.4) is 0 Å². The largest absolute Gasteiger partial charge is 0.459 e. The quantitative estimate of drug-likeness (QED) is 0.448. The van der Waals surface area contributed by atoms with Gasteiger partial charge in [-0.25, -0.2) is 9.18 Å². The Balaban J connectivity index is 2.26. The van der Waals surface area contributed by atoms with E-state index in [2.05, 4.69) is 6.92 Å². The maximum Gasteiger partial charge on any atom is 0.338 e. The normalized spacial score (nSPS) is 13.5. The smallest absolute Gasteiger partial charge is 0.338 e. The molecular weight excluding hydrogens is 295 g/mol. The number of unbranched alkanes of at least 4 members (excludes halogenated alkanes) is 6. The number of hydrogen-bond acceptors (Lipinski definition) is 3. The Morgan fingerprint density at radius 3 is 2.30 bits per heavy atom. The van der Waals surface area contributed by atoms with Crippen LogP contribution in [-0.2, 0) is 4.74 Å². The van der Waals surface area contributed by atoms with E-state index in [-0.39, 0.29) is 6.42 Å². The maximum atomic E-state index is 14.5. The minimum atomic E-state index is -1.84. The van der Waals surface area contributed by atoms with Gasteiger partial charge >= 0.3 is 5.97 Å². The van der Waals surface area contributed by atoms with Gasteiger partial charge in [-0.15, -0.1) is 0 Å². The average Bonchev–Trinajstić information content (AvgIpc) is 2.59. The number of aliphatic hydroxyl groups is 1. The summed E-state index contributed by atoms with van der Waals surface area (Å²) in [5, 5.41) is 9.28. The molecule has 1 aromatic carbocycles. The minimum Gasteiger partial charge on any atom is -0.459 e. The fourth-order valence-corrected chi connectivity index (χ4v) is 2.45. The van der Waals surface area contributed by atoms with E-state index < -0.39 is 24.9 Å². The third-order valence-corrected chi connectivity index (χ3v) is 3.98. The van der Waals surface area contributed by atoms with Gasteiger partial charge in [0.2, 0.25) is 0 Å². The van der Waals surface area contributed by atoms with Crippen molar-refractivity contribution in [3.8, 4) is 0 Å². The van der Waals surface area contributed by atoms with Gasteiger partial charge in [0.15, 0.2) is 5.67 Å². The van der Waals surface area contributed by atoms with Crippen molar-refractivity contribution in [2.45, 2.75) is 64.0 Å². The highest BCUT2D eigenvalue weighted by Gasteiger charge is 2.30. The van der Waals surface area contributed by atoms with Crippen molar-refractivity contribution >= 4 is 5.97 Å². The van der Waals surface area contributed by atoms with Crippen LogP contribution in [0.5, 0.6) is 0 Å². The number of carbonyl (C=O) groups excluding carboxylic acids is 1. The second-order valence-corrected chi connectivity index (χ2v) is 6.12. The lowest BCUT2D eigenvalue weighted by atomic mass is 9.98. The zero-order valence-corrected chi connectivity index (χ0v) is 14.1. The molecule has 4 heteroatoms. The molecule has 3 nitrogen and oxygen atoms in total. The van der Waals surface area contributed by atoms with E-state index in [1.807, 2.05) is 0 Å². The van der Waals surface area contributed by atoms with Crippen molar-refractivity contribution in [3.05, 3.63) is 35.9 Å². The molecule has 0 bridgehead atoms. The van der Waals surface area contributed by atoms with Crippen LogP contribution in [-0.4, -0.2) is 30.0 Å². The van der Waals surface area contributed by atoms with Crippen LogP contribution in [0, 0.1) is 0 Å². The van der Waals surface area contributed by atoms with Crippen molar-refractivity contribution in [2.24, 2.45) is 0 Å². The number of rotatable bonds is 12. The molecule has 1 aromatic rings. The van der Waals surface area contributed by atoms with Crippen molar-refractivity contribution in [1.82, 2.24) is 0 Å². The lowest BCUT2D eigenvalue weighted by molar-refractivity contribution is -0.0150. The van der Waals surface area contributed by atoms with Crippen molar-refractivity contribution in [2.75, 3.05) is 13.2 Å². The molecule has 23 heavy (non-hydrogen) atoms. The first-order valence-electron chi connectivity index (χ1n) is 8.63. The molecule has 0 saturated heterocycles. The molecule has 0 aliphatic rings. The highest BCUT2D eigenvalue weighted by atomic mass is 19.1. The molecular formula is C19H29FO3. The molecule has 1 N–H and O–H groups in total. The van der Waals surface area contributed by atoms with Crippen LogP contribution in [0.15, 0.2) is 30.3 Å². The maximum absolute atomic E-state index is 14.5. The Hall–Kier alpha value is -1.42. The van der Waals surface area contributed by atoms with Crippen LogP contribution in [0.4, 0.5) is 4.39 Å². The summed E-state index contributed by atoms with van der Waals surface area (Å²) in [4.78, 5) is 11.8. The van der Waals surface area contributed by atoms with Gasteiger partial charge in [-0.3, -0.25) is 0 Å². The highest BCUT2D eigenvalue weighted by molar-refractivity contribution is 5.89. The summed E-state index contributed by atoms with van der Waals surface area (Å²) in [6, 6.07) is 8.49. The fraction of sp³-hybridized carbons (Fsp3) is 0.632. The zero-order chi connectivity index (χ0) is 17.0. The Bertz CT molecular complexity index is 436. The Labute approximate surface area is 138 Å². The van der Waals surface area contributed by atoms with Crippen LogP contribution in [0.2, 0.25) is 0 Å². The van der Waals surface area contributed by atoms with Crippen LogP contribution < -0.4 is 0 Å². The Kier molecular flexibility index (Phi) is 9.53. The summed E-state index contributed by atoms with van der Waals surface area (Å²) >= 11 is 0. The number of halogens is 1. The predicted molar refractivity (Wildman–Crippen MR) is 90.3 cm³/mol. The molecule has 1 atom stereocenters. The third-order valence-electron chi connectivity index (χ3n) is 3.98. The number of carbonyl (C=O) groups is 1. The number of benzene rings is 1. The predicted octanol–water partition coefficient (Wildman–Crippen LogP) is 4.68. The Morgan fingerprint density at radius 1 is 1.09 bits per heavy atom.